The van der Waals surface area contributed by atoms with Crippen LogP contribution in [0.5, 0.6) is 11.5 Å². The Morgan fingerprint density at radius 1 is 1.28 bits per heavy atom. The monoisotopic (exact) mass is 340 g/mol. The summed E-state index contributed by atoms with van der Waals surface area (Å²) >= 11 is 0. The predicted molar refractivity (Wildman–Crippen MR) is 97.6 cm³/mol. The molecule has 0 aliphatic carbocycles. The molecule has 0 saturated carbocycles. The number of hydrogen-bond acceptors (Lipinski definition) is 4. The average Bonchev–Trinajstić information content (AvgIpc) is 2.65. The molecule has 132 valence electrons. The number of allylic oxidation sites excluding steroid dienone is 1. The normalized spacial score (nSPS) is 11.4. The highest BCUT2D eigenvalue weighted by Gasteiger charge is 2.13. The summed E-state index contributed by atoms with van der Waals surface area (Å²) < 4.78 is 11.3. The Morgan fingerprint density at radius 2 is 2.04 bits per heavy atom. The van der Waals surface area contributed by atoms with Crippen molar-refractivity contribution in [3.63, 3.8) is 0 Å². The van der Waals surface area contributed by atoms with Gasteiger partial charge in [0.25, 0.3) is 0 Å². The van der Waals surface area contributed by atoms with Crippen LogP contribution in [0.1, 0.15) is 36.9 Å². The molecule has 0 radical (unpaired) electrons. The number of hydrogen-bond donors (Lipinski definition) is 1. The van der Waals surface area contributed by atoms with Crippen LogP contribution in [0.2, 0.25) is 0 Å². The maximum absolute atomic E-state index is 11.8. The molecule has 1 N–H and O–H groups in total. The Balaban J connectivity index is 2.02. The fourth-order valence-electron chi connectivity index (χ4n) is 2.34. The number of carbonyl (C=O) groups excluding carboxylic acids is 1. The van der Waals surface area contributed by atoms with Crippen molar-refractivity contribution in [2.45, 2.75) is 32.4 Å². The Hall–Kier alpha value is -2.82. The van der Waals surface area contributed by atoms with E-state index in [1.807, 2.05) is 37.3 Å². The van der Waals surface area contributed by atoms with Gasteiger partial charge in [-0.1, -0.05) is 12.1 Å². The van der Waals surface area contributed by atoms with E-state index in [0.29, 0.717) is 30.9 Å². The van der Waals surface area contributed by atoms with Gasteiger partial charge < -0.3 is 14.8 Å². The summed E-state index contributed by atoms with van der Waals surface area (Å²) in [4.78, 5) is 15.8. The Kier molecular flexibility index (Phi) is 7.01. The van der Waals surface area contributed by atoms with E-state index in [2.05, 4.69) is 16.9 Å². The highest BCUT2D eigenvalue weighted by atomic mass is 16.5. The molecule has 0 bridgehead atoms. The van der Waals surface area contributed by atoms with E-state index >= 15 is 0 Å². The zero-order chi connectivity index (χ0) is 18.1. The molecule has 2 rings (SSSR count). The molecule has 1 amide bonds. The number of pyridine rings is 1. The van der Waals surface area contributed by atoms with E-state index in [9.17, 15) is 4.79 Å². The molecule has 0 unspecified atom stereocenters. The number of benzene rings is 1. The molecule has 1 aromatic carbocycles. The molecule has 0 aliphatic heterocycles. The molecule has 1 atom stereocenters. The van der Waals surface area contributed by atoms with Crippen molar-refractivity contribution in [3.05, 3.63) is 66.5 Å². The number of methoxy groups -OCH3 is 1. The number of nitrogens with one attached hydrogen (secondary N) is 1. The Morgan fingerprint density at radius 3 is 2.72 bits per heavy atom. The third-order valence-corrected chi connectivity index (χ3v) is 3.78. The van der Waals surface area contributed by atoms with Gasteiger partial charge in [-0.2, -0.15) is 0 Å². The van der Waals surface area contributed by atoms with Crippen LogP contribution in [0.4, 0.5) is 0 Å². The molecule has 0 aliphatic rings. The first-order valence-electron chi connectivity index (χ1n) is 8.24. The van der Waals surface area contributed by atoms with Gasteiger partial charge in [0.1, 0.15) is 6.61 Å². The second-order valence-corrected chi connectivity index (χ2v) is 5.67. The zero-order valence-electron chi connectivity index (χ0n) is 14.7. The lowest BCUT2D eigenvalue weighted by Crippen LogP contribution is -2.26. The standard InChI is InChI=1S/C20H24N2O3/c1-4-5-6-20(23)22-15(2)17-7-8-18(19(13-17)24-3)25-14-16-9-11-21-12-10-16/h4,7-13,15H,1,5-6,14H2,2-3H3,(H,22,23)/t15-/m1/s1. The number of carbonyl (C=O) groups is 1. The van der Waals surface area contributed by atoms with E-state index in [0.717, 1.165) is 11.1 Å². The van der Waals surface area contributed by atoms with Crippen LogP contribution in [0.3, 0.4) is 0 Å². The van der Waals surface area contributed by atoms with Crippen LogP contribution < -0.4 is 14.8 Å². The highest BCUT2D eigenvalue weighted by Crippen LogP contribution is 2.31. The number of nitrogens with zero attached hydrogens (tertiary/aromatic N) is 1. The molecule has 0 spiro atoms. The van der Waals surface area contributed by atoms with Crippen molar-refractivity contribution >= 4 is 5.91 Å². The maximum atomic E-state index is 11.8. The topological polar surface area (TPSA) is 60.5 Å². The van der Waals surface area contributed by atoms with E-state index < -0.39 is 0 Å². The van der Waals surface area contributed by atoms with Crippen molar-refractivity contribution in [1.82, 2.24) is 10.3 Å². The summed E-state index contributed by atoms with van der Waals surface area (Å²) in [6.07, 6.45) is 6.31. The quantitative estimate of drug-likeness (QED) is 0.705. The van der Waals surface area contributed by atoms with Crippen LogP contribution in [-0.2, 0) is 11.4 Å². The third-order valence-electron chi connectivity index (χ3n) is 3.78. The minimum atomic E-state index is -0.111. The van der Waals surface area contributed by atoms with Crippen molar-refractivity contribution in [1.29, 1.82) is 0 Å². The first-order valence-corrected chi connectivity index (χ1v) is 8.24. The third kappa shape index (κ3) is 5.64. The van der Waals surface area contributed by atoms with E-state index in [-0.39, 0.29) is 11.9 Å². The minimum Gasteiger partial charge on any atom is -0.493 e. The van der Waals surface area contributed by atoms with Crippen LogP contribution in [0, 0.1) is 0 Å². The lowest BCUT2D eigenvalue weighted by Gasteiger charge is -2.17. The van der Waals surface area contributed by atoms with Crippen molar-refractivity contribution < 1.29 is 14.3 Å². The lowest BCUT2D eigenvalue weighted by atomic mass is 10.1. The SMILES string of the molecule is C=CCCC(=O)N[C@H](C)c1ccc(OCc2ccncc2)c(OC)c1. The van der Waals surface area contributed by atoms with Gasteiger partial charge in [-0.15, -0.1) is 6.58 Å². The second-order valence-electron chi connectivity index (χ2n) is 5.67. The van der Waals surface area contributed by atoms with E-state index in [1.54, 1.807) is 25.6 Å². The van der Waals surface area contributed by atoms with E-state index in [4.69, 9.17) is 9.47 Å². The van der Waals surface area contributed by atoms with Gasteiger partial charge in [0.2, 0.25) is 5.91 Å². The fourth-order valence-corrected chi connectivity index (χ4v) is 2.34. The van der Waals surface area contributed by atoms with Gasteiger partial charge in [0, 0.05) is 18.8 Å². The molecule has 5 nitrogen and oxygen atoms in total. The minimum absolute atomic E-state index is 0.00406. The van der Waals surface area contributed by atoms with Gasteiger partial charge >= 0.3 is 0 Å². The predicted octanol–water partition coefficient (Wildman–Crippen LogP) is 3.81. The molecule has 25 heavy (non-hydrogen) atoms. The largest absolute Gasteiger partial charge is 0.493 e. The van der Waals surface area contributed by atoms with Gasteiger partial charge in [0.15, 0.2) is 11.5 Å². The van der Waals surface area contributed by atoms with Crippen LogP contribution >= 0.6 is 0 Å². The lowest BCUT2D eigenvalue weighted by molar-refractivity contribution is -0.121. The van der Waals surface area contributed by atoms with Crippen molar-refractivity contribution in [2.75, 3.05) is 7.11 Å². The van der Waals surface area contributed by atoms with Crippen molar-refractivity contribution in [3.8, 4) is 11.5 Å². The number of ether oxygens (including phenoxy) is 2. The first-order chi connectivity index (χ1) is 12.1. The summed E-state index contributed by atoms with van der Waals surface area (Å²) in [5.74, 6) is 1.30. The highest BCUT2D eigenvalue weighted by molar-refractivity contribution is 5.76. The molecular formula is C20H24N2O3. The molecule has 0 fully saturated rings. The smallest absolute Gasteiger partial charge is 0.220 e. The molecule has 5 heteroatoms. The van der Waals surface area contributed by atoms with Crippen LogP contribution in [0.15, 0.2) is 55.4 Å². The molecule has 1 aromatic heterocycles. The van der Waals surface area contributed by atoms with Crippen LogP contribution in [-0.4, -0.2) is 18.0 Å². The first kappa shape index (κ1) is 18.5. The fraction of sp³-hybridized carbons (Fsp3) is 0.300. The average molecular weight is 340 g/mol. The summed E-state index contributed by atoms with van der Waals surface area (Å²) in [6, 6.07) is 9.38. The molecule has 0 saturated heterocycles. The summed E-state index contributed by atoms with van der Waals surface area (Å²) in [6.45, 7) is 6.01. The second kappa shape index (κ2) is 9.47. The Bertz CT molecular complexity index is 701. The zero-order valence-corrected chi connectivity index (χ0v) is 14.7. The van der Waals surface area contributed by atoms with Gasteiger partial charge in [-0.05, 0) is 48.7 Å². The molecular weight excluding hydrogens is 316 g/mol. The molecule has 1 heterocycles. The summed E-state index contributed by atoms with van der Waals surface area (Å²) in [7, 11) is 1.60. The number of rotatable bonds is 9. The van der Waals surface area contributed by atoms with Crippen molar-refractivity contribution in [2.24, 2.45) is 0 Å². The van der Waals surface area contributed by atoms with Gasteiger partial charge in [0.05, 0.1) is 13.2 Å². The van der Waals surface area contributed by atoms with Gasteiger partial charge in [-0.25, -0.2) is 0 Å². The summed E-state index contributed by atoms with van der Waals surface area (Å²) in [5, 5.41) is 2.97. The van der Waals surface area contributed by atoms with E-state index in [1.165, 1.54) is 0 Å². The maximum Gasteiger partial charge on any atom is 0.220 e. The number of amides is 1. The number of aromatic nitrogens is 1. The van der Waals surface area contributed by atoms with Gasteiger partial charge in [-0.3, -0.25) is 9.78 Å². The van der Waals surface area contributed by atoms with Crippen LogP contribution in [0.25, 0.3) is 0 Å². The molecule has 2 aromatic rings. The summed E-state index contributed by atoms with van der Waals surface area (Å²) in [5.41, 5.74) is 1.99. The Labute approximate surface area is 148 Å².